The third-order valence-corrected chi connectivity index (χ3v) is 5.57. The molecule has 2 aromatic rings. The van der Waals surface area contributed by atoms with Gasteiger partial charge in [0.2, 0.25) is 0 Å². The Hall–Kier alpha value is -1.93. The van der Waals surface area contributed by atoms with E-state index in [9.17, 15) is 14.3 Å². The molecule has 0 amide bonds. The summed E-state index contributed by atoms with van der Waals surface area (Å²) in [4.78, 5) is 15.5. The van der Waals surface area contributed by atoms with Gasteiger partial charge in [-0.15, -0.1) is 0 Å². The summed E-state index contributed by atoms with van der Waals surface area (Å²) in [5.41, 5.74) is -1.22. The number of hydrogen-bond acceptors (Lipinski definition) is 6. The van der Waals surface area contributed by atoms with Crippen LogP contribution in [-0.2, 0) is 16.9 Å². The van der Waals surface area contributed by atoms with E-state index in [4.69, 9.17) is 0 Å². The molecule has 8 heteroatoms. The maximum atomic E-state index is 14.4. The van der Waals surface area contributed by atoms with Gasteiger partial charge in [0.1, 0.15) is 17.7 Å². The van der Waals surface area contributed by atoms with Crippen LogP contribution in [0.4, 0.5) is 9.18 Å². The third kappa shape index (κ3) is 3.69. The Bertz CT molecular complexity index is 765. The first-order valence-electron chi connectivity index (χ1n) is 8.06. The molecule has 134 valence electrons. The van der Waals surface area contributed by atoms with Gasteiger partial charge in [0.25, 0.3) is 0 Å². The summed E-state index contributed by atoms with van der Waals surface area (Å²) in [7, 11) is 1.28. The number of carbonyl (C=O) groups excluding carboxylic acids is 1. The van der Waals surface area contributed by atoms with E-state index < -0.39 is 16.7 Å². The number of carbonyl (C=O) groups is 1. The first-order valence-corrected chi connectivity index (χ1v) is 8.88. The van der Waals surface area contributed by atoms with Crippen LogP contribution in [0.1, 0.15) is 25.3 Å². The van der Waals surface area contributed by atoms with E-state index in [1.54, 1.807) is 18.2 Å². The van der Waals surface area contributed by atoms with Crippen LogP contribution < -0.4 is 0 Å². The zero-order chi connectivity index (χ0) is 18.0. The van der Waals surface area contributed by atoms with Crippen molar-refractivity contribution in [3.63, 3.8) is 0 Å². The average molecular weight is 365 g/mol. The molecule has 1 aliphatic rings. The van der Waals surface area contributed by atoms with Gasteiger partial charge in [-0.2, -0.15) is 5.10 Å². The molecule has 2 unspecified atom stereocenters. The first-order chi connectivity index (χ1) is 12.0. The molecule has 1 aromatic carbocycles. The van der Waals surface area contributed by atoms with E-state index >= 15 is 0 Å². The van der Waals surface area contributed by atoms with Gasteiger partial charge in [-0.05, 0) is 30.7 Å². The Morgan fingerprint density at radius 3 is 2.88 bits per heavy atom. The summed E-state index contributed by atoms with van der Waals surface area (Å²) in [5, 5.41) is 15.3. The summed E-state index contributed by atoms with van der Waals surface area (Å²) in [6.07, 6.45) is 3.33. The minimum Gasteiger partial charge on any atom is -0.461 e. The lowest BCUT2D eigenvalue weighted by molar-refractivity contribution is -0.0489. The molecule has 1 saturated carbocycles. The van der Waals surface area contributed by atoms with Crippen molar-refractivity contribution in [2.75, 3.05) is 7.11 Å². The molecule has 1 aromatic heterocycles. The maximum absolute atomic E-state index is 14.4. The second-order valence-corrected chi connectivity index (χ2v) is 7.19. The summed E-state index contributed by atoms with van der Waals surface area (Å²) in [5.74, 6) is -0.283. The van der Waals surface area contributed by atoms with Gasteiger partial charge in [-0.1, -0.05) is 25.1 Å². The fourth-order valence-corrected chi connectivity index (χ4v) is 3.61. The normalized spacial score (nSPS) is 17.8. The van der Waals surface area contributed by atoms with Crippen molar-refractivity contribution in [3.8, 4) is 0 Å². The topological polar surface area (TPSA) is 77.2 Å². The SMILES string of the molecule is COC(=O)Sc1ncnn1CC(O)(c1ccccc1F)C(C)C1CC1. The number of rotatable bonds is 6. The van der Waals surface area contributed by atoms with Crippen LogP contribution in [0, 0.1) is 17.7 Å². The van der Waals surface area contributed by atoms with Gasteiger partial charge in [0, 0.05) is 17.3 Å². The molecule has 0 bridgehead atoms. The van der Waals surface area contributed by atoms with Crippen molar-refractivity contribution in [1.82, 2.24) is 14.8 Å². The summed E-state index contributed by atoms with van der Waals surface area (Å²) in [6.45, 7) is 1.93. The van der Waals surface area contributed by atoms with Gasteiger partial charge >= 0.3 is 5.30 Å². The van der Waals surface area contributed by atoms with E-state index in [0.717, 1.165) is 24.6 Å². The molecule has 0 radical (unpaired) electrons. The van der Waals surface area contributed by atoms with E-state index in [0.29, 0.717) is 11.1 Å². The van der Waals surface area contributed by atoms with E-state index in [1.807, 2.05) is 6.92 Å². The van der Waals surface area contributed by atoms with Crippen LogP contribution in [0.5, 0.6) is 0 Å². The highest BCUT2D eigenvalue weighted by Crippen LogP contribution is 2.47. The minimum absolute atomic E-state index is 0.00489. The van der Waals surface area contributed by atoms with Gasteiger partial charge in [0.15, 0.2) is 5.16 Å². The first kappa shape index (κ1) is 17.9. The molecule has 0 saturated heterocycles. The summed E-state index contributed by atoms with van der Waals surface area (Å²) in [6, 6.07) is 6.23. The predicted molar refractivity (Wildman–Crippen MR) is 90.5 cm³/mol. The summed E-state index contributed by atoms with van der Waals surface area (Å²) < 4.78 is 20.5. The predicted octanol–water partition coefficient (Wildman–Crippen LogP) is 3.21. The lowest BCUT2D eigenvalue weighted by atomic mass is 9.79. The maximum Gasteiger partial charge on any atom is 0.374 e. The fraction of sp³-hybridized carbons (Fsp3) is 0.471. The van der Waals surface area contributed by atoms with Gasteiger partial charge < -0.3 is 9.84 Å². The zero-order valence-electron chi connectivity index (χ0n) is 14.1. The molecule has 3 rings (SSSR count). The van der Waals surface area contributed by atoms with Crippen LogP contribution in [0.15, 0.2) is 35.7 Å². The Balaban J connectivity index is 1.95. The van der Waals surface area contributed by atoms with E-state index in [2.05, 4.69) is 14.8 Å². The molecule has 0 spiro atoms. The molecule has 6 nitrogen and oxygen atoms in total. The number of benzene rings is 1. The van der Waals surface area contributed by atoms with Gasteiger partial charge in [-0.3, -0.25) is 0 Å². The quantitative estimate of drug-likeness (QED) is 0.626. The Morgan fingerprint density at radius 2 is 2.24 bits per heavy atom. The summed E-state index contributed by atoms with van der Waals surface area (Å²) >= 11 is 0.776. The van der Waals surface area contributed by atoms with Crippen LogP contribution in [0.3, 0.4) is 0 Å². The van der Waals surface area contributed by atoms with E-state index in [-0.39, 0.29) is 18.0 Å². The molecule has 0 aliphatic heterocycles. The Morgan fingerprint density at radius 1 is 1.52 bits per heavy atom. The highest BCUT2D eigenvalue weighted by Gasteiger charge is 2.46. The molecule has 25 heavy (non-hydrogen) atoms. The molecular formula is C17H20FN3O3S. The van der Waals surface area contributed by atoms with Crippen molar-refractivity contribution >= 4 is 17.1 Å². The molecule has 1 heterocycles. The second-order valence-electron chi connectivity index (χ2n) is 6.29. The lowest BCUT2D eigenvalue weighted by Gasteiger charge is -2.35. The van der Waals surface area contributed by atoms with Crippen LogP contribution >= 0.6 is 11.8 Å². The number of nitrogens with zero attached hydrogens (tertiary/aromatic N) is 3. The van der Waals surface area contributed by atoms with Crippen LogP contribution in [0.25, 0.3) is 0 Å². The van der Waals surface area contributed by atoms with E-state index in [1.165, 1.54) is 24.2 Å². The van der Waals surface area contributed by atoms with Crippen molar-refractivity contribution < 1.29 is 19.0 Å². The highest BCUT2D eigenvalue weighted by molar-refractivity contribution is 8.13. The fourth-order valence-electron chi connectivity index (χ4n) is 3.06. The third-order valence-electron chi connectivity index (χ3n) is 4.73. The number of thioether (sulfide) groups is 1. The number of ether oxygens (including phenoxy) is 1. The van der Waals surface area contributed by atoms with Gasteiger partial charge in [-0.25, -0.2) is 18.9 Å². The smallest absolute Gasteiger partial charge is 0.374 e. The minimum atomic E-state index is -1.45. The Kier molecular flexibility index (Phi) is 5.10. The molecule has 1 fully saturated rings. The standard InChI is InChI=1S/C17H20FN3O3S/c1-11(12-7-8-12)17(23,13-5-3-4-6-14(13)18)9-21-15(19-10-20-21)25-16(22)24-2/h3-6,10-12,23H,7-9H2,1-2H3. The second kappa shape index (κ2) is 7.13. The molecule has 1 N–H and O–H groups in total. The highest BCUT2D eigenvalue weighted by atomic mass is 32.2. The number of aromatic nitrogens is 3. The number of hydrogen-bond donors (Lipinski definition) is 1. The number of methoxy groups -OCH3 is 1. The number of aliphatic hydroxyl groups is 1. The zero-order valence-corrected chi connectivity index (χ0v) is 14.9. The number of halogens is 1. The average Bonchev–Trinajstić information content (AvgIpc) is 3.37. The Labute approximate surface area is 149 Å². The van der Waals surface area contributed by atoms with Crippen LogP contribution in [0.2, 0.25) is 0 Å². The largest absolute Gasteiger partial charge is 0.461 e. The monoisotopic (exact) mass is 365 g/mol. The molecular weight excluding hydrogens is 345 g/mol. The lowest BCUT2D eigenvalue weighted by Crippen LogP contribution is -2.40. The van der Waals surface area contributed by atoms with Crippen molar-refractivity contribution in [3.05, 3.63) is 42.0 Å². The van der Waals surface area contributed by atoms with Gasteiger partial charge in [0.05, 0.1) is 13.7 Å². The van der Waals surface area contributed by atoms with Crippen molar-refractivity contribution in [1.29, 1.82) is 0 Å². The molecule has 2 atom stereocenters. The van der Waals surface area contributed by atoms with Crippen molar-refractivity contribution in [2.24, 2.45) is 11.8 Å². The molecule has 1 aliphatic carbocycles. The van der Waals surface area contributed by atoms with Crippen molar-refractivity contribution in [2.45, 2.75) is 37.1 Å². The van der Waals surface area contributed by atoms with Crippen LogP contribution in [-0.4, -0.2) is 32.3 Å².